The van der Waals surface area contributed by atoms with Crippen molar-refractivity contribution in [2.45, 2.75) is 132 Å². The van der Waals surface area contributed by atoms with Gasteiger partial charge in [-0.2, -0.15) is 5.26 Å². The molecule has 1 saturated heterocycles. The van der Waals surface area contributed by atoms with Gasteiger partial charge in [-0.1, -0.05) is 5.21 Å². The van der Waals surface area contributed by atoms with Crippen LogP contribution in [0.1, 0.15) is 77.8 Å². The van der Waals surface area contributed by atoms with Crippen molar-refractivity contribution in [1.29, 1.82) is 5.26 Å². The summed E-state index contributed by atoms with van der Waals surface area (Å²) in [6.45, 7) is 6.84. The molecule has 17 heteroatoms. The molecule has 2 unspecified atom stereocenters. The number of aliphatic hydroxyl groups excluding tert-OH is 5. The summed E-state index contributed by atoms with van der Waals surface area (Å²) in [6, 6.07) is 1.77. The maximum absolute atomic E-state index is 13.8. The van der Waals surface area contributed by atoms with Gasteiger partial charge in [0.25, 0.3) is 0 Å². The second kappa shape index (κ2) is 17.0. The summed E-state index contributed by atoms with van der Waals surface area (Å²) < 4.78 is 20.0. The Morgan fingerprint density at radius 1 is 1.10 bits per heavy atom. The summed E-state index contributed by atoms with van der Waals surface area (Å²) in [5, 5.41) is 68.8. The Balaban J connectivity index is 1.10. The highest BCUT2D eigenvalue weighted by molar-refractivity contribution is 5.83. The van der Waals surface area contributed by atoms with E-state index in [9.17, 15) is 35.3 Å². The van der Waals surface area contributed by atoms with Crippen molar-refractivity contribution in [2.24, 2.45) is 11.8 Å². The molecule has 4 bridgehead atoms. The van der Waals surface area contributed by atoms with E-state index in [2.05, 4.69) is 21.7 Å². The number of nitrogens with zero attached hydrogens (tertiary/aromatic N) is 6. The average molecular weight is 736 g/mol. The Morgan fingerprint density at radius 3 is 2.48 bits per heavy atom. The van der Waals surface area contributed by atoms with E-state index >= 15 is 0 Å². The summed E-state index contributed by atoms with van der Waals surface area (Å²) in [5.41, 5.74) is -1.13. The number of ether oxygens (including phenoxy) is 3. The first kappa shape index (κ1) is 40.2. The first-order valence-electron chi connectivity index (χ1n) is 18.5. The third kappa shape index (κ3) is 9.77. The van der Waals surface area contributed by atoms with Gasteiger partial charge in [0.05, 0.1) is 62.0 Å². The van der Waals surface area contributed by atoms with Crippen LogP contribution in [0.4, 0.5) is 4.79 Å². The summed E-state index contributed by atoms with van der Waals surface area (Å²) in [5.74, 6) is 0.530. The van der Waals surface area contributed by atoms with Gasteiger partial charge in [0.1, 0.15) is 36.5 Å². The molecule has 2 amide bonds. The third-order valence-electron chi connectivity index (χ3n) is 10.9. The van der Waals surface area contributed by atoms with E-state index in [4.69, 9.17) is 19.3 Å². The monoisotopic (exact) mass is 735 g/mol. The molecule has 1 aromatic rings. The zero-order chi connectivity index (χ0) is 37.7. The molecule has 4 aliphatic carbocycles. The molecular formula is C35H57N7O10. The van der Waals surface area contributed by atoms with Crippen LogP contribution in [0.15, 0.2) is 6.20 Å². The molecule has 1 aliphatic heterocycles. The molecule has 0 radical (unpaired) electrons. The minimum absolute atomic E-state index is 0.0883. The van der Waals surface area contributed by atoms with Crippen molar-refractivity contribution < 1.29 is 49.3 Å². The van der Waals surface area contributed by atoms with E-state index in [1.807, 2.05) is 20.8 Å². The van der Waals surface area contributed by atoms with Crippen molar-refractivity contribution in [3.05, 3.63) is 11.9 Å². The predicted molar refractivity (Wildman–Crippen MR) is 183 cm³/mol. The molecule has 292 valence electrons. The SMILES string of the molecule is CC(C)(C)OC(=O)N(CC(=O)N1CCC[C@H]1C#N)C12CC3CC(CC(OCCOCCn4cc(CNC[C@H](O)[C@@H](O)[C@H](O)[C@H](O)CO)nn4)(C3)C1)C2. The van der Waals surface area contributed by atoms with Gasteiger partial charge < -0.3 is 50.0 Å². The predicted octanol–water partition coefficient (Wildman–Crippen LogP) is -0.320. The number of rotatable bonds is 18. The molecule has 5 fully saturated rings. The van der Waals surface area contributed by atoms with E-state index in [1.54, 1.807) is 20.7 Å². The highest BCUT2D eigenvalue weighted by Crippen LogP contribution is 2.61. The number of hydrogen-bond acceptors (Lipinski definition) is 14. The number of aromatic nitrogens is 3. The van der Waals surface area contributed by atoms with Crippen LogP contribution in [0.2, 0.25) is 0 Å². The Hall–Kier alpha value is -2.95. The molecule has 0 spiro atoms. The average Bonchev–Trinajstić information content (AvgIpc) is 3.75. The molecule has 6 rings (SSSR count). The van der Waals surface area contributed by atoms with Crippen LogP contribution in [0, 0.1) is 23.2 Å². The van der Waals surface area contributed by atoms with Crippen molar-refractivity contribution in [3.8, 4) is 6.07 Å². The minimum atomic E-state index is -1.69. The number of likely N-dealkylation sites (tertiary alicyclic amines) is 1. The van der Waals surface area contributed by atoms with Gasteiger partial charge in [-0.05, 0) is 84.0 Å². The zero-order valence-corrected chi connectivity index (χ0v) is 30.6. The fourth-order valence-corrected chi connectivity index (χ4v) is 8.92. The van der Waals surface area contributed by atoms with E-state index in [1.165, 1.54) is 0 Å². The Morgan fingerprint density at radius 2 is 1.81 bits per heavy atom. The topological polar surface area (TPSA) is 236 Å². The number of aliphatic hydroxyl groups is 5. The zero-order valence-electron chi connectivity index (χ0n) is 30.6. The van der Waals surface area contributed by atoms with E-state index < -0.39 is 59.9 Å². The van der Waals surface area contributed by atoms with Crippen LogP contribution in [0.5, 0.6) is 0 Å². The van der Waals surface area contributed by atoms with E-state index in [-0.39, 0.29) is 25.5 Å². The van der Waals surface area contributed by atoms with Crippen LogP contribution in [-0.2, 0) is 32.1 Å². The van der Waals surface area contributed by atoms with E-state index in [0.717, 1.165) is 38.5 Å². The molecule has 5 aliphatic rings. The summed E-state index contributed by atoms with van der Waals surface area (Å²) in [6.07, 6.45) is 1.49. The summed E-state index contributed by atoms with van der Waals surface area (Å²) in [4.78, 5) is 30.7. The van der Waals surface area contributed by atoms with Crippen LogP contribution in [-0.4, -0.2) is 156 Å². The second-order valence-electron chi connectivity index (χ2n) is 16.2. The van der Waals surface area contributed by atoms with Crippen LogP contribution in [0.25, 0.3) is 0 Å². The summed E-state index contributed by atoms with van der Waals surface area (Å²) >= 11 is 0. The van der Waals surface area contributed by atoms with Gasteiger partial charge >= 0.3 is 6.09 Å². The number of carbonyl (C=O) groups excluding carboxylic acids is 2. The fraction of sp³-hybridized carbons (Fsp3) is 0.857. The summed E-state index contributed by atoms with van der Waals surface area (Å²) in [7, 11) is 0. The number of amides is 2. The Labute approximate surface area is 304 Å². The molecule has 6 N–H and O–H groups in total. The van der Waals surface area contributed by atoms with Crippen molar-refractivity contribution >= 4 is 12.0 Å². The van der Waals surface area contributed by atoms with Gasteiger partial charge in [0.2, 0.25) is 5.91 Å². The lowest BCUT2D eigenvalue weighted by Gasteiger charge is -2.64. The number of nitrogens with one attached hydrogen (secondary N) is 1. The molecule has 1 aromatic heterocycles. The minimum Gasteiger partial charge on any atom is -0.444 e. The van der Waals surface area contributed by atoms with Gasteiger partial charge in [0.15, 0.2) is 0 Å². The largest absolute Gasteiger partial charge is 0.444 e. The smallest absolute Gasteiger partial charge is 0.411 e. The lowest BCUT2D eigenvalue weighted by atomic mass is 9.50. The molecule has 17 nitrogen and oxygen atoms in total. The van der Waals surface area contributed by atoms with Crippen molar-refractivity contribution in [3.63, 3.8) is 0 Å². The molecule has 0 aromatic carbocycles. The maximum atomic E-state index is 13.8. The third-order valence-corrected chi connectivity index (χ3v) is 10.9. The van der Waals surface area contributed by atoms with Gasteiger partial charge in [-0.25, -0.2) is 9.48 Å². The maximum Gasteiger partial charge on any atom is 0.411 e. The molecular weight excluding hydrogens is 678 g/mol. The Bertz CT molecular complexity index is 1380. The lowest BCUT2D eigenvalue weighted by Crippen LogP contribution is -2.68. The Kier molecular flexibility index (Phi) is 13.2. The lowest BCUT2D eigenvalue weighted by molar-refractivity contribution is -0.202. The molecule has 2 heterocycles. The number of carbonyl (C=O) groups is 2. The number of nitriles is 1. The first-order valence-corrected chi connectivity index (χ1v) is 18.5. The molecule has 7 atom stereocenters. The highest BCUT2D eigenvalue weighted by Gasteiger charge is 2.62. The quantitative estimate of drug-likeness (QED) is 0.106. The number of hydrogen-bond donors (Lipinski definition) is 6. The van der Waals surface area contributed by atoms with Crippen molar-refractivity contribution in [1.82, 2.24) is 30.1 Å². The van der Waals surface area contributed by atoms with E-state index in [0.29, 0.717) is 63.3 Å². The van der Waals surface area contributed by atoms with Gasteiger partial charge in [-0.15, -0.1) is 5.10 Å². The molecule has 4 saturated carbocycles. The fourth-order valence-electron chi connectivity index (χ4n) is 8.92. The van der Waals surface area contributed by atoms with Gasteiger partial charge in [0, 0.05) is 25.8 Å². The van der Waals surface area contributed by atoms with Crippen molar-refractivity contribution in [2.75, 3.05) is 46.1 Å². The van der Waals surface area contributed by atoms with Crippen LogP contribution < -0.4 is 5.32 Å². The van der Waals surface area contributed by atoms with Crippen LogP contribution in [0.3, 0.4) is 0 Å². The standard InChI is InChI=1S/C35H57N7O10/c1-33(2,3)52-32(49)42(20-29(46)41-6-4-5-26(41)16-36)34-12-23-11-24(13-34)15-35(14-23,22-34)51-10-9-50-8-7-40-19-25(38-39-40)17-37-18-27(44)30(47)31(48)28(45)21-43/h19,23-24,26-28,30-31,37,43-45,47-48H,4-15,17-18,20-22H2,1-3H3/t23?,24?,26-,27-,28+,30+,31+,34?,35?/m0/s1. The second-order valence-corrected chi connectivity index (χ2v) is 16.2. The first-order chi connectivity index (χ1) is 24.7. The van der Waals surface area contributed by atoms with Gasteiger partial charge in [-0.3, -0.25) is 9.69 Å². The molecule has 52 heavy (non-hydrogen) atoms. The highest BCUT2D eigenvalue weighted by atomic mass is 16.6. The normalized spacial score (nSPS) is 29.1. The van der Waals surface area contributed by atoms with Crippen LogP contribution >= 0.6 is 0 Å².